The Morgan fingerprint density at radius 1 is 0.756 bits per heavy atom. The molecule has 3 aromatic rings. The van der Waals surface area contributed by atoms with Crippen molar-refractivity contribution in [2.24, 2.45) is 0 Å². The number of carbonyl (C=O) groups is 4. The largest absolute Gasteiger partial charge is 0.514 e. The van der Waals surface area contributed by atoms with Crippen molar-refractivity contribution in [2.75, 3.05) is 0 Å². The molecule has 0 atom stereocenters. The normalized spacial score (nSPS) is 12.6. The number of benzene rings is 3. The van der Waals surface area contributed by atoms with Gasteiger partial charge in [-0.25, -0.2) is 9.59 Å². The van der Waals surface area contributed by atoms with E-state index in [0.29, 0.717) is 5.56 Å². The number of hydrogen-bond acceptors (Lipinski definition) is 8. The predicted molar refractivity (Wildman–Crippen MR) is 153 cm³/mol. The van der Waals surface area contributed by atoms with Gasteiger partial charge < -0.3 is 18.9 Å². The summed E-state index contributed by atoms with van der Waals surface area (Å²) in [6.07, 6.45) is -0.272. The van der Waals surface area contributed by atoms with E-state index in [0.717, 1.165) is 11.1 Å². The molecule has 0 aliphatic heterocycles. The third-order valence-corrected chi connectivity index (χ3v) is 5.93. The molecular formula is C33H32O8. The standard InChI is InChI=1S/C33H32O8/c1-8-19-12-11-13-20(16-19)17-21-18-24(38-30(36)40-32(2,3)4)25-26(29(21)39-31(37)41-33(5,6)7)28(35)23-15-10-9-14-22(23)27(25)34/h8-16,18H,1,17H2,2-7H3. The second-order valence-electron chi connectivity index (χ2n) is 11.6. The summed E-state index contributed by atoms with van der Waals surface area (Å²) in [5.74, 6) is -1.47. The maximum atomic E-state index is 13.9. The molecule has 41 heavy (non-hydrogen) atoms. The van der Waals surface area contributed by atoms with E-state index in [-0.39, 0.29) is 40.2 Å². The van der Waals surface area contributed by atoms with Crippen molar-refractivity contribution in [1.29, 1.82) is 0 Å². The van der Waals surface area contributed by atoms with Crippen molar-refractivity contribution in [2.45, 2.75) is 59.2 Å². The first-order valence-electron chi connectivity index (χ1n) is 13.1. The maximum absolute atomic E-state index is 13.9. The fourth-order valence-corrected chi connectivity index (χ4v) is 4.38. The topological polar surface area (TPSA) is 105 Å². The lowest BCUT2D eigenvalue weighted by molar-refractivity contribution is 0.0181. The van der Waals surface area contributed by atoms with Gasteiger partial charge in [-0.3, -0.25) is 9.59 Å². The second kappa shape index (κ2) is 11.0. The number of ether oxygens (including phenoxy) is 4. The Bertz CT molecular complexity index is 1570. The Morgan fingerprint density at radius 2 is 1.32 bits per heavy atom. The number of rotatable bonds is 5. The van der Waals surface area contributed by atoms with Crippen LogP contribution in [0.5, 0.6) is 11.5 Å². The molecule has 0 saturated carbocycles. The third-order valence-electron chi connectivity index (χ3n) is 5.93. The fraction of sp³-hybridized carbons (Fsp3) is 0.273. The summed E-state index contributed by atoms with van der Waals surface area (Å²) in [5, 5.41) is 0. The van der Waals surface area contributed by atoms with Gasteiger partial charge in [-0.05, 0) is 58.7 Å². The zero-order chi connectivity index (χ0) is 30.1. The molecule has 0 amide bonds. The molecule has 8 nitrogen and oxygen atoms in total. The van der Waals surface area contributed by atoms with Crippen LogP contribution in [0.15, 0.2) is 61.2 Å². The van der Waals surface area contributed by atoms with Crippen LogP contribution in [0.2, 0.25) is 0 Å². The molecule has 1 aliphatic carbocycles. The van der Waals surface area contributed by atoms with Crippen LogP contribution >= 0.6 is 0 Å². The van der Waals surface area contributed by atoms with E-state index in [1.807, 2.05) is 24.3 Å². The Balaban J connectivity index is 1.96. The Labute approximate surface area is 238 Å². The highest BCUT2D eigenvalue weighted by Gasteiger charge is 2.38. The Hall–Kier alpha value is -4.72. The minimum atomic E-state index is -1.06. The van der Waals surface area contributed by atoms with Gasteiger partial charge in [-0.2, -0.15) is 0 Å². The van der Waals surface area contributed by atoms with E-state index >= 15 is 0 Å². The fourth-order valence-electron chi connectivity index (χ4n) is 4.38. The summed E-state index contributed by atoms with van der Waals surface area (Å²) in [6.45, 7) is 13.8. The van der Waals surface area contributed by atoms with Crippen LogP contribution < -0.4 is 9.47 Å². The zero-order valence-electron chi connectivity index (χ0n) is 24.0. The van der Waals surface area contributed by atoms with E-state index in [9.17, 15) is 19.2 Å². The average Bonchev–Trinajstić information content (AvgIpc) is 2.86. The molecule has 0 spiro atoms. The predicted octanol–water partition coefficient (Wildman–Crippen LogP) is 7.32. The van der Waals surface area contributed by atoms with Gasteiger partial charge in [0.25, 0.3) is 0 Å². The SMILES string of the molecule is C=Cc1cccc(Cc2cc(OC(=O)OC(C)(C)C)c3c(c2OC(=O)OC(C)(C)C)C(=O)c2ccccc2C3=O)c1. The lowest BCUT2D eigenvalue weighted by atomic mass is 9.81. The summed E-state index contributed by atoms with van der Waals surface area (Å²) in [7, 11) is 0. The van der Waals surface area contributed by atoms with Crippen molar-refractivity contribution >= 4 is 30.0 Å². The van der Waals surface area contributed by atoms with Gasteiger partial charge in [0, 0.05) is 23.1 Å². The van der Waals surface area contributed by atoms with Crippen LogP contribution in [0.4, 0.5) is 9.59 Å². The molecule has 0 bridgehead atoms. The lowest BCUT2D eigenvalue weighted by Gasteiger charge is -2.26. The highest BCUT2D eigenvalue weighted by molar-refractivity contribution is 6.30. The van der Waals surface area contributed by atoms with Crippen LogP contribution in [0.3, 0.4) is 0 Å². The molecule has 0 unspecified atom stereocenters. The molecule has 0 fully saturated rings. The van der Waals surface area contributed by atoms with Gasteiger partial charge in [-0.15, -0.1) is 0 Å². The first kappa shape index (κ1) is 29.3. The van der Waals surface area contributed by atoms with E-state index < -0.39 is 35.1 Å². The lowest BCUT2D eigenvalue weighted by Crippen LogP contribution is -2.30. The molecule has 0 saturated heterocycles. The van der Waals surface area contributed by atoms with Gasteiger partial charge >= 0.3 is 12.3 Å². The van der Waals surface area contributed by atoms with Crippen molar-refractivity contribution in [3.8, 4) is 11.5 Å². The van der Waals surface area contributed by atoms with Crippen molar-refractivity contribution in [1.82, 2.24) is 0 Å². The molecule has 1 aliphatic rings. The van der Waals surface area contributed by atoms with Crippen molar-refractivity contribution in [3.05, 3.63) is 100 Å². The van der Waals surface area contributed by atoms with E-state index in [1.54, 1.807) is 59.8 Å². The van der Waals surface area contributed by atoms with Crippen molar-refractivity contribution < 1.29 is 38.1 Å². The minimum Gasteiger partial charge on any atom is -0.428 e. The minimum absolute atomic E-state index is 0.132. The molecule has 212 valence electrons. The van der Waals surface area contributed by atoms with Gasteiger partial charge in [0.05, 0.1) is 11.1 Å². The Kier molecular flexibility index (Phi) is 7.88. The smallest absolute Gasteiger partial charge is 0.428 e. The van der Waals surface area contributed by atoms with Crippen LogP contribution in [0.1, 0.15) is 90.1 Å². The average molecular weight is 557 g/mol. The summed E-state index contributed by atoms with van der Waals surface area (Å²) in [5.41, 5.74) is 0.0444. The second-order valence-corrected chi connectivity index (χ2v) is 11.6. The molecule has 8 heteroatoms. The maximum Gasteiger partial charge on any atom is 0.514 e. The summed E-state index contributed by atoms with van der Waals surface area (Å²) in [6, 6.07) is 15.1. The quantitative estimate of drug-likeness (QED) is 0.186. The van der Waals surface area contributed by atoms with Gasteiger partial charge in [-0.1, -0.05) is 61.2 Å². The highest BCUT2D eigenvalue weighted by Crippen LogP contribution is 2.42. The number of hydrogen-bond donors (Lipinski definition) is 0. The summed E-state index contributed by atoms with van der Waals surface area (Å²) in [4.78, 5) is 53.4. The number of fused-ring (bicyclic) bond motifs is 2. The third kappa shape index (κ3) is 6.72. The number of carbonyl (C=O) groups excluding carboxylic acids is 4. The molecule has 0 aromatic heterocycles. The summed E-state index contributed by atoms with van der Waals surface area (Å²) >= 11 is 0. The summed E-state index contributed by atoms with van der Waals surface area (Å²) < 4.78 is 22.0. The molecular weight excluding hydrogens is 524 g/mol. The molecule has 4 rings (SSSR count). The Morgan fingerprint density at radius 3 is 1.88 bits per heavy atom. The molecule has 0 heterocycles. The highest BCUT2D eigenvalue weighted by atomic mass is 16.7. The zero-order valence-corrected chi connectivity index (χ0v) is 24.0. The van der Waals surface area contributed by atoms with Crippen LogP contribution in [0, 0.1) is 0 Å². The molecule has 3 aromatic carbocycles. The van der Waals surface area contributed by atoms with E-state index in [1.165, 1.54) is 18.2 Å². The van der Waals surface area contributed by atoms with E-state index in [2.05, 4.69) is 6.58 Å². The molecule has 0 N–H and O–H groups in total. The molecule has 0 radical (unpaired) electrons. The monoisotopic (exact) mass is 556 g/mol. The number of ketones is 2. The van der Waals surface area contributed by atoms with Crippen molar-refractivity contribution in [3.63, 3.8) is 0 Å². The van der Waals surface area contributed by atoms with Gasteiger partial charge in [0.2, 0.25) is 0 Å². The first-order valence-corrected chi connectivity index (χ1v) is 13.1. The van der Waals surface area contributed by atoms with Crippen LogP contribution in [0.25, 0.3) is 6.08 Å². The van der Waals surface area contributed by atoms with E-state index in [4.69, 9.17) is 18.9 Å². The van der Waals surface area contributed by atoms with Crippen LogP contribution in [-0.4, -0.2) is 35.1 Å². The van der Waals surface area contributed by atoms with Crippen LogP contribution in [-0.2, 0) is 15.9 Å². The first-order chi connectivity index (χ1) is 19.2. The van der Waals surface area contributed by atoms with Gasteiger partial charge in [0.1, 0.15) is 22.7 Å². The van der Waals surface area contributed by atoms with Gasteiger partial charge in [0.15, 0.2) is 11.6 Å².